The number of hydrogen-bond donors (Lipinski definition) is 0. The second-order valence-corrected chi connectivity index (χ2v) is 5.42. The fourth-order valence-corrected chi connectivity index (χ4v) is 1.96. The Hall–Kier alpha value is -1.30. The Morgan fingerprint density at radius 3 is 2.20 bits per heavy atom. The maximum Gasteiger partial charge on any atom is -0.0181 e. The molecule has 0 nitrogen and oxygen atoms in total. The van der Waals surface area contributed by atoms with Gasteiger partial charge in [0.15, 0.2) is 0 Å². The van der Waals surface area contributed by atoms with Crippen molar-refractivity contribution in [1.29, 1.82) is 0 Å². The van der Waals surface area contributed by atoms with Crippen molar-refractivity contribution in [2.24, 2.45) is 5.41 Å². The van der Waals surface area contributed by atoms with Gasteiger partial charge < -0.3 is 0 Å². The SMILES string of the molecule is CC(C)(C)Cc1ccc2ccccc2c1. The van der Waals surface area contributed by atoms with Crippen molar-refractivity contribution in [3.05, 3.63) is 48.0 Å². The molecule has 0 saturated carbocycles. The van der Waals surface area contributed by atoms with Crippen LogP contribution < -0.4 is 0 Å². The molecule has 0 heterocycles. The van der Waals surface area contributed by atoms with Gasteiger partial charge in [0.2, 0.25) is 0 Å². The summed E-state index contributed by atoms with van der Waals surface area (Å²) in [6, 6.07) is 15.3. The van der Waals surface area contributed by atoms with Gasteiger partial charge in [-0.1, -0.05) is 63.2 Å². The van der Waals surface area contributed by atoms with Gasteiger partial charge >= 0.3 is 0 Å². The minimum absolute atomic E-state index is 0.364. The standard InChI is InChI=1S/C15H18/c1-15(2,3)11-12-8-9-13-6-4-5-7-14(13)10-12/h4-10H,11H2,1-3H3. The third-order valence-corrected chi connectivity index (χ3v) is 2.55. The Kier molecular flexibility index (Phi) is 2.52. The minimum atomic E-state index is 0.364. The van der Waals surface area contributed by atoms with Crippen LogP contribution in [0.2, 0.25) is 0 Å². The fraction of sp³-hybridized carbons (Fsp3) is 0.333. The molecule has 0 atom stereocenters. The molecule has 0 N–H and O–H groups in total. The summed E-state index contributed by atoms with van der Waals surface area (Å²) < 4.78 is 0. The largest absolute Gasteiger partial charge is 0.0616 e. The minimum Gasteiger partial charge on any atom is -0.0616 e. The van der Waals surface area contributed by atoms with Gasteiger partial charge in [-0.2, -0.15) is 0 Å². The summed E-state index contributed by atoms with van der Waals surface area (Å²) >= 11 is 0. The topological polar surface area (TPSA) is 0 Å². The van der Waals surface area contributed by atoms with E-state index < -0.39 is 0 Å². The first-order chi connectivity index (χ1) is 7.04. The zero-order valence-corrected chi connectivity index (χ0v) is 9.75. The average molecular weight is 198 g/mol. The summed E-state index contributed by atoms with van der Waals surface area (Å²) in [5, 5.41) is 2.68. The first-order valence-corrected chi connectivity index (χ1v) is 5.52. The smallest absolute Gasteiger partial charge is 0.0181 e. The predicted molar refractivity (Wildman–Crippen MR) is 67.1 cm³/mol. The van der Waals surface area contributed by atoms with Gasteiger partial charge in [0, 0.05) is 0 Å². The van der Waals surface area contributed by atoms with Gasteiger partial charge in [-0.05, 0) is 28.2 Å². The quantitative estimate of drug-likeness (QED) is 0.636. The third kappa shape index (κ3) is 2.59. The van der Waals surface area contributed by atoms with E-state index in [9.17, 15) is 0 Å². The summed E-state index contributed by atoms with van der Waals surface area (Å²) in [6.07, 6.45) is 1.14. The molecule has 0 heteroatoms. The molecule has 0 radical (unpaired) electrons. The van der Waals surface area contributed by atoms with Crippen LogP contribution in [0.5, 0.6) is 0 Å². The second-order valence-electron chi connectivity index (χ2n) is 5.42. The summed E-state index contributed by atoms with van der Waals surface area (Å²) in [7, 11) is 0. The highest BCUT2D eigenvalue weighted by Crippen LogP contribution is 2.23. The monoisotopic (exact) mass is 198 g/mol. The molecule has 0 aliphatic carbocycles. The molecule has 0 aromatic heterocycles. The Morgan fingerprint density at radius 1 is 0.867 bits per heavy atom. The van der Waals surface area contributed by atoms with Crippen molar-refractivity contribution in [2.45, 2.75) is 27.2 Å². The van der Waals surface area contributed by atoms with E-state index in [1.54, 1.807) is 0 Å². The summed E-state index contributed by atoms with van der Waals surface area (Å²) in [5.74, 6) is 0. The lowest BCUT2D eigenvalue weighted by Gasteiger charge is -2.18. The van der Waals surface area contributed by atoms with Crippen LogP contribution in [-0.4, -0.2) is 0 Å². The summed E-state index contributed by atoms with van der Waals surface area (Å²) in [4.78, 5) is 0. The van der Waals surface area contributed by atoms with Crippen LogP contribution in [-0.2, 0) is 6.42 Å². The molecule has 15 heavy (non-hydrogen) atoms. The van der Waals surface area contributed by atoms with Crippen LogP contribution >= 0.6 is 0 Å². The molecule has 0 aliphatic heterocycles. The number of fused-ring (bicyclic) bond motifs is 1. The van der Waals surface area contributed by atoms with Gasteiger partial charge in [-0.15, -0.1) is 0 Å². The predicted octanol–water partition coefficient (Wildman–Crippen LogP) is 4.43. The zero-order valence-electron chi connectivity index (χ0n) is 9.75. The zero-order chi connectivity index (χ0) is 10.9. The van der Waals surface area contributed by atoms with E-state index in [4.69, 9.17) is 0 Å². The highest BCUT2D eigenvalue weighted by atomic mass is 14.2. The lowest BCUT2D eigenvalue weighted by Crippen LogP contribution is -2.08. The van der Waals surface area contributed by atoms with Crippen molar-refractivity contribution in [1.82, 2.24) is 0 Å². The van der Waals surface area contributed by atoms with Crippen molar-refractivity contribution in [3.63, 3.8) is 0 Å². The summed E-state index contributed by atoms with van der Waals surface area (Å²) in [6.45, 7) is 6.84. The molecule has 0 fully saturated rings. The second kappa shape index (κ2) is 3.69. The van der Waals surface area contributed by atoms with E-state index in [2.05, 4.69) is 63.2 Å². The molecule has 0 saturated heterocycles. The average Bonchev–Trinajstić information content (AvgIpc) is 2.15. The van der Waals surface area contributed by atoms with E-state index in [-0.39, 0.29) is 0 Å². The van der Waals surface area contributed by atoms with Crippen LogP contribution in [0, 0.1) is 5.41 Å². The van der Waals surface area contributed by atoms with Crippen molar-refractivity contribution in [3.8, 4) is 0 Å². The first-order valence-electron chi connectivity index (χ1n) is 5.52. The molecular formula is C15H18. The lowest BCUT2D eigenvalue weighted by atomic mass is 9.87. The fourth-order valence-electron chi connectivity index (χ4n) is 1.96. The number of benzene rings is 2. The molecule has 0 bridgehead atoms. The molecular weight excluding hydrogens is 180 g/mol. The van der Waals surface area contributed by atoms with Crippen LogP contribution in [0.4, 0.5) is 0 Å². The van der Waals surface area contributed by atoms with Crippen LogP contribution in [0.25, 0.3) is 10.8 Å². The molecule has 0 spiro atoms. The van der Waals surface area contributed by atoms with E-state index >= 15 is 0 Å². The highest BCUT2D eigenvalue weighted by molar-refractivity contribution is 5.82. The van der Waals surface area contributed by atoms with Crippen LogP contribution in [0.15, 0.2) is 42.5 Å². The van der Waals surface area contributed by atoms with Gasteiger partial charge in [0.05, 0.1) is 0 Å². The van der Waals surface area contributed by atoms with Gasteiger partial charge in [-0.3, -0.25) is 0 Å². The van der Waals surface area contributed by atoms with Crippen molar-refractivity contribution < 1.29 is 0 Å². The molecule has 78 valence electrons. The Balaban J connectivity index is 2.39. The Bertz CT molecular complexity index is 461. The van der Waals surface area contributed by atoms with Crippen molar-refractivity contribution >= 4 is 10.8 Å². The lowest BCUT2D eigenvalue weighted by molar-refractivity contribution is 0.411. The van der Waals surface area contributed by atoms with E-state index in [0.29, 0.717) is 5.41 Å². The maximum atomic E-state index is 2.31. The molecule has 0 unspecified atom stereocenters. The van der Waals surface area contributed by atoms with Gasteiger partial charge in [-0.25, -0.2) is 0 Å². The molecule has 2 aromatic carbocycles. The highest BCUT2D eigenvalue weighted by Gasteiger charge is 2.11. The Labute approximate surface area is 91.9 Å². The van der Waals surface area contributed by atoms with Crippen LogP contribution in [0.3, 0.4) is 0 Å². The van der Waals surface area contributed by atoms with Crippen LogP contribution in [0.1, 0.15) is 26.3 Å². The maximum absolute atomic E-state index is 2.31. The van der Waals surface area contributed by atoms with E-state index in [0.717, 1.165) is 6.42 Å². The number of rotatable bonds is 1. The first kappa shape index (κ1) is 10.2. The molecule has 2 aromatic rings. The van der Waals surface area contributed by atoms with Crippen molar-refractivity contribution in [2.75, 3.05) is 0 Å². The molecule has 2 rings (SSSR count). The molecule has 0 amide bonds. The van der Waals surface area contributed by atoms with Gasteiger partial charge in [0.1, 0.15) is 0 Å². The molecule has 0 aliphatic rings. The normalized spacial score (nSPS) is 11.9. The van der Waals surface area contributed by atoms with E-state index in [1.165, 1.54) is 16.3 Å². The number of hydrogen-bond acceptors (Lipinski definition) is 0. The van der Waals surface area contributed by atoms with Gasteiger partial charge in [0.25, 0.3) is 0 Å². The summed E-state index contributed by atoms with van der Waals surface area (Å²) in [5.41, 5.74) is 1.80. The van der Waals surface area contributed by atoms with E-state index in [1.807, 2.05) is 0 Å². The third-order valence-electron chi connectivity index (χ3n) is 2.55. The Morgan fingerprint density at radius 2 is 1.53 bits per heavy atom.